The van der Waals surface area contributed by atoms with Crippen LogP contribution < -0.4 is 5.32 Å². The summed E-state index contributed by atoms with van der Waals surface area (Å²) in [4.78, 5) is 22.9. The lowest BCUT2D eigenvalue weighted by atomic mass is 10.1. The van der Waals surface area contributed by atoms with Gasteiger partial charge in [0.1, 0.15) is 11.6 Å². The number of hydrogen-bond donors (Lipinski definition) is 2. The van der Waals surface area contributed by atoms with Gasteiger partial charge < -0.3 is 10.4 Å². The van der Waals surface area contributed by atoms with Crippen molar-refractivity contribution < 1.29 is 14.7 Å². The van der Waals surface area contributed by atoms with E-state index < -0.39 is 11.9 Å². The Morgan fingerprint density at radius 3 is 2.22 bits per heavy atom. The summed E-state index contributed by atoms with van der Waals surface area (Å²) in [5, 5.41) is 21.1. The molecule has 0 fully saturated rings. The van der Waals surface area contributed by atoms with E-state index >= 15 is 0 Å². The van der Waals surface area contributed by atoms with Crippen molar-refractivity contribution in [2.75, 3.05) is 5.32 Å². The molecule has 0 bridgehead atoms. The normalized spacial score (nSPS) is 10.7. The molecular formula is C17H11ClN2O3. The highest BCUT2D eigenvalue weighted by Gasteiger charge is 2.10. The van der Waals surface area contributed by atoms with Gasteiger partial charge >= 0.3 is 5.97 Å². The number of carbonyl (C=O) groups is 2. The van der Waals surface area contributed by atoms with E-state index in [4.69, 9.17) is 22.0 Å². The predicted octanol–water partition coefficient (Wildman–Crippen LogP) is 3.58. The molecule has 0 saturated carbocycles. The van der Waals surface area contributed by atoms with E-state index in [9.17, 15) is 9.59 Å². The van der Waals surface area contributed by atoms with Crippen LogP contribution in [0, 0.1) is 11.3 Å². The lowest BCUT2D eigenvalue weighted by molar-refractivity contribution is -0.112. The molecule has 0 aliphatic heterocycles. The summed E-state index contributed by atoms with van der Waals surface area (Å²) < 4.78 is 0. The van der Waals surface area contributed by atoms with Crippen LogP contribution in [-0.4, -0.2) is 17.0 Å². The van der Waals surface area contributed by atoms with Gasteiger partial charge in [0, 0.05) is 10.7 Å². The summed E-state index contributed by atoms with van der Waals surface area (Å²) in [6.07, 6.45) is 1.39. The van der Waals surface area contributed by atoms with Crippen molar-refractivity contribution in [1.29, 1.82) is 5.26 Å². The second-order valence-electron chi connectivity index (χ2n) is 4.56. The molecule has 1 amide bonds. The van der Waals surface area contributed by atoms with Gasteiger partial charge in [-0.05, 0) is 48.0 Å². The number of carbonyl (C=O) groups excluding carboxylic acids is 1. The molecule has 0 saturated heterocycles. The topological polar surface area (TPSA) is 90.2 Å². The van der Waals surface area contributed by atoms with Gasteiger partial charge in [-0.25, -0.2) is 4.79 Å². The van der Waals surface area contributed by atoms with Gasteiger partial charge in [0.15, 0.2) is 0 Å². The Kier molecular flexibility index (Phi) is 5.13. The van der Waals surface area contributed by atoms with E-state index in [0.717, 1.165) is 0 Å². The summed E-state index contributed by atoms with van der Waals surface area (Å²) in [7, 11) is 0. The first-order chi connectivity index (χ1) is 11.0. The van der Waals surface area contributed by atoms with E-state index in [1.807, 2.05) is 6.07 Å². The van der Waals surface area contributed by atoms with E-state index in [-0.39, 0.29) is 11.1 Å². The third kappa shape index (κ3) is 4.43. The maximum absolute atomic E-state index is 12.1. The molecule has 5 nitrogen and oxygen atoms in total. The highest BCUT2D eigenvalue weighted by atomic mass is 35.5. The number of rotatable bonds is 4. The predicted molar refractivity (Wildman–Crippen MR) is 87.1 cm³/mol. The van der Waals surface area contributed by atoms with E-state index in [1.54, 1.807) is 24.3 Å². The van der Waals surface area contributed by atoms with Crippen molar-refractivity contribution >= 4 is 35.2 Å². The summed E-state index contributed by atoms with van der Waals surface area (Å²) in [6, 6.07) is 14.2. The number of carboxylic acids is 1. The number of aromatic carboxylic acids is 1. The molecule has 0 radical (unpaired) electrons. The van der Waals surface area contributed by atoms with E-state index in [2.05, 4.69) is 5.32 Å². The Morgan fingerprint density at radius 2 is 1.70 bits per heavy atom. The molecule has 0 aliphatic carbocycles. The zero-order valence-electron chi connectivity index (χ0n) is 11.8. The van der Waals surface area contributed by atoms with Crippen LogP contribution in [0.25, 0.3) is 6.08 Å². The molecule has 2 rings (SSSR count). The SMILES string of the molecule is N#C/C(=C/c1ccc(C(=O)O)cc1)C(=O)Nc1ccc(Cl)cc1. The van der Waals surface area contributed by atoms with Gasteiger partial charge in [0.2, 0.25) is 0 Å². The molecule has 0 spiro atoms. The van der Waals surface area contributed by atoms with Gasteiger partial charge in [-0.3, -0.25) is 4.79 Å². The average Bonchev–Trinajstić information content (AvgIpc) is 2.55. The standard InChI is InChI=1S/C17H11ClN2O3/c18-14-5-7-15(8-6-14)20-16(21)13(10-19)9-11-1-3-12(4-2-11)17(22)23/h1-9H,(H,20,21)(H,22,23)/b13-9-. The van der Waals surface area contributed by atoms with Gasteiger partial charge in [-0.15, -0.1) is 0 Å². The molecule has 6 heteroatoms. The summed E-state index contributed by atoms with van der Waals surface area (Å²) >= 11 is 5.76. The molecule has 2 aromatic rings. The van der Waals surface area contributed by atoms with E-state index in [1.165, 1.54) is 30.3 Å². The van der Waals surface area contributed by atoms with Gasteiger partial charge in [-0.2, -0.15) is 5.26 Å². The fourth-order valence-electron chi connectivity index (χ4n) is 1.77. The van der Waals surface area contributed by atoms with Crippen LogP contribution in [0.3, 0.4) is 0 Å². The van der Waals surface area contributed by atoms with Crippen LogP contribution in [-0.2, 0) is 4.79 Å². The molecule has 0 unspecified atom stereocenters. The second-order valence-corrected chi connectivity index (χ2v) is 4.99. The summed E-state index contributed by atoms with van der Waals surface area (Å²) in [5.41, 5.74) is 1.11. The molecule has 0 atom stereocenters. The summed E-state index contributed by atoms with van der Waals surface area (Å²) in [5.74, 6) is -1.60. The van der Waals surface area contributed by atoms with Crippen molar-refractivity contribution in [3.05, 3.63) is 70.3 Å². The van der Waals surface area contributed by atoms with Crippen molar-refractivity contribution in [3.63, 3.8) is 0 Å². The minimum Gasteiger partial charge on any atom is -0.478 e. The van der Waals surface area contributed by atoms with Crippen LogP contribution in [0.5, 0.6) is 0 Å². The highest BCUT2D eigenvalue weighted by Crippen LogP contribution is 2.15. The molecule has 2 N–H and O–H groups in total. The first-order valence-electron chi connectivity index (χ1n) is 6.51. The second kappa shape index (κ2) is 7.25. The van der Waals surface area contributed by atoms with Crippen LogP contribution in [0.4, 0.5) is 5.69 Å². The smallest absolute Gasteiger partial charge is 0.335 e. The van der Waals surface area contributed by atoms with Crippen LogP contribution in [0.15, 0.2) is 54.1 Å². The number of nitrogens with zero attached hydrogens (tertiary/aromatic N) is 1. The molecule has 0 heterocycles. The Labute approximate surface area is 137 Å². The maximum atomic E-state index is 12.1. The zero-order valence-corrected chi connectivity index (χ0v) is 12.5. The quantitative estimate of drug-likeness (QED) is 0.663. The molecule has 2 aromatic carbocycles. The van der Waals surface area contributed by atoms with Crippen LogP contribution in [0.1, 0.15) is 15.9 Å². The van der Waals surface area contributed by atoms with Crippen molar-refractivity contribution in [3.8, 4) is 6.07 Å². The van der Waals surface area contributed by atoms with E-state index in [0.29, 0.717) is 16.3 Å². The fraction of sp³-hybridized carbons (Fsp3) is 0. The van der Waals surface area contributed by atoms with Crippen LogP contribution >= 0.6 is 11.6 Å². The number of anilines is 1. The number of carboxylic acid groups (broad SMARTS) is 1. The fourth-order valence-corrected chi connectivity index (χ4v) is 1.89. The largest absolute Gasteiger partial charge is 0.478 e. The highest BCUT2D eigenvalue weighted by molar-refractivity contribution is 6.30. The number of amides is 1. The van der Waals surface area contributed by atoms with Gasteiger partial charge in [0.25, 0.3) is 5.91 Å². The number of hydrogen-bond acceptors (Lipinski definition) is 3. The molecule has 0 aromatic heterocycles. The van der Waals surface area contributed by atoms with Gasteiger partial charge in [-0.1, -0.05) is 23.7 Å². The van der Waals surface area contributed by atoms with Crippen molar-refractivity contribution in [2.45, 2.75) is 0 Å². The first-order valence-corrected chi connectivity index (χ1v) is 6.89. The Morgan fingerprint density at radius 1 is 1.09 bits per heavy atom. The Bertz CT molecular complexity index is 803. The third-order valence-corrected chi connectivity index (χ3v) is 3.19. The first kappa shape index (κ1) is 16.3. The molecule has 114 valence electrons. The minimum atomic E-state index is -1.04. The lowest BCUT2D eigenvalue weighted by Gasteiger charge is -2.04. The third-order valence-electron chi connectivity index (χ3n) is 2.94. The Hall–Kier alpha value is -3.10. The average molecular weight is 327 g/mol. The zero-order chi connectivity index (χ0) is 16.8. The molecule has 23 heavy (non-hydrogen) atoms. The Balaban J connectivity index is 2.17. The molecular weight excluding hydrogens is 316 g/mol. The number of benzene rings is 2. The number of nitriles is 1. The lowest BCUT2D eigenvalue weighted by Crippen LogP contribution is -2.13. The van der Waals surface area contributed by atoms with Crippen molar-refractivity contribution in [2.24, 2.45) is 0 Å². The van der Waals surface area contributed by atoms with Crippen molar-refractivity contribution in [1.82, 2.24) is 0 Å². The maximum Gasteiger partial charge on any atom is 0.335 e. The number of halogens is 1. The number of nitrogens with one attached hydrogen (secondary N) is 1. The van der Waals surface area contributed by atoms with Gasteiger partial charge in [0.05, 0.1) is 5.56 Å². The minimum absolute atomic E-state index is 0.0944. The molecule has 0 aliphatic rings. The monoisotopic (exact) mass is 326 g/mol. The van der Waals surface area contributed by atoms with Crippen LogP contribution in [0.2, 0.25) is 5.02 Å². The summed E-state index contributed by atoms with van der Waals surface area (Å²) in [6.45, 7) is 0.